The zero-order valence-electron chi connectivity index (χ0n) is 2.27. The summed E-state index contributed by atoms with van der Waals surface area (Å²) in [6, 6.07) is 0. The monoisotopic (exact) mass is 74.0 g/mol. The highest BCUT2D eigenvalue weighted by molar-refractivity contribution is 7.16. The van der Waals surface area contributed by atoms with Gasteiger partial charge in [-0.05, 0) is 0 Å². The maximum Gasteiger partial charge on any atom is 0.283 e. The molecule has 0 spiro atoms. The Morgan fingerprint density at radius 2 is 2.25 bits per heavy atom. The average Bonchev–Trinajstić information content (AvgIpc) is 1.37. The van der Waals surface area contributed by atoms with E-state index in [4.69, 9.17) is 0 Å². The molecule has 0 aliphatic heterocycles. The molecule has 3 heteroatoms. The predicted molar refractivity (Wildman–Crippen MR) is 21.4 cm³/mol. The fraction of sp³-hybridized carbons (Fsp3) is 1.00. The van der Waals surface area contributed by atoms with Crippen molar-refractivity contribution in [2.45, 2.75) is 0 Å². The van der Waals surface area contributed by atoms with Crippen molar-refractivity contribution >= 4 is 17.3 Å². The van der Waals surface area contributed by atoms with Crippen LogP contribution in [0.3, 0.4) is 0 Å². The minimum Gasteiger partial charge on any atom is -0.444 e. The molecular formula is CH4BOP. The van der Waals surface area contributed by atoms with E-state index >= 15 is 0 Å². The molecule has 1 atom stereocenters. The zero-order valence-corrected chi connectivity index (χ0v) is 3.42. The van der Waals surface area contributed by atoms with Crippen molar-refractivity contribution in [1.29, 1.82) is 0 Å². The van der Waals surface area contributed by atoms with E-state index in [2.05, 4.69) is 21.9 Å². The normalized spacial score (nSPS) is 7.25. The van der Waals surface area contributed by atoms with E-state index in [0.29, 0.717) is 6.35 Å². The largest absolute Gasteiger partial charge is 0.444 e. The Balaban J connectivity index is 1.97. The smallest absolute Gasteiger partial charge is 0.283 e. The van der Waals surface area contributed by atoms with Crippen molar-refractivity contribution in [2.75, 3.05) is 6.35 Å². The predicted octanol–water partition coefficient (Wildman–Crippen LogP) is -0.0809. The molecule has 0 rings (SSSR count). The molecule has 0 aromatic heterocycles. The second kappa shape index (κ2) is 3.45. The lowest BCUT2D eigenvalue weighted by Crippen LogP contribution is -1.71. The molecule has 1 nitrogen and oxygen atoms in total. The topological polar surface area (TPSA) is 9.23 Å². The van der Waals surface area contributed by atoms with Crippen LogP contribution < -0.4 is 0 Å². The lowest BCUT2D eigenvalue weighted by Gasteiger charge is -1.76. The Hall–Kier alpha value is 0.455. The maximum atomic E-state index is 4.51. The van der Waals surface area contributed by atoms with E-state index in [0.717, 1.165) is 0 Å². The Morgan fingerprint density at radius 1 is 2.00 bits per heavy atom. The lowest BCUT2D eigenvalue weighted by molar-refractivity contribution is 0.435. The van der Waals surface area contributed by atoms with Gasteiger partial charge < -0.3 is 4.65 Å². The van der Waals surface area contributed by atoms with Gasteiger partial charge in [0.2, 0.25) is 0 Å². The van der Waals surface area contributed by atoms with Crippen LogP contribution in [-0.4, -0.2) is 14.4 Å². The third-order valence-corrected chi connectivity index (χ3v) is 0.289. The Bertz CT molecular complexity index is 10.0. The van der Waals surface area contributed by atoms with Crippen molar-refractivity contribution in [3.63, 3.8) is 0 Å². The first-order valence-electron chi connectivity index (χ1n) is 0.933. The highest BCUT2D eigenvalue weighted by Crippen LogP contribution is 1.72. The first kappa shape index (κ1) is 4.45. The zero-order chi connectivity index (χ0) is 3.41. The molecule has 0 fully saturated rings. The Kier molecular flexibility index (Phi) is 3.85. The second-order valence-corrected chi connectivity index (χ2v) is 0.667. The van der Waals surface area contributed by atoms with Crippen LogP contribution in [0, 0.1) is 0 Å². The maximum absolute atomic E-state index is 4.51. The van der Waals surface area contributed by atoms with Crippen LogP contribution >= 0.6 is 9.24 Å². The summed E-state index contributed by atoms with van der Waals surface area (Å²) in [5.74, 6) is 0. The van der Waals surface area contributed by atoms with Gasteiger partial charge in [0.25, 0.3) is 8.05 Å². The fourth-order valence-electron chi connectivity index (χ4n) is 0. The van der Waals surface area contributed by atoms with E-state index in [9.17, 15) is 0 Å². The molecule has 4 heavy (non-hydrogen) atoms. The van der Waals surface area contributed by atoms with Gasteiger partial charge >= 0.3 is 0 Å². The number of rotatable bonds is 1. The van der Waals surface area contributed by atoms with Gasteiger partial charge in [0.1, 0.15) is 0 Å². The molecule has 0 aromatic rings. The van der Waals surface area contributed by atoms with Crippen LogP contribution in [-0.2, 0) is 4.65 Å². The van der Waals surface area contributed by atoms with Crippen LogP contribution in [0.5, 0.6) is 0 Å². The van der Waals surface area contributed by atoms with Crippen molar-refractivity contribution in [3.8, 4) is 0 Å². The van der Waals surface area contributed by atoms with E-state index in [1.807, 2.05) is 0 Å². The minimum atomic E-state index is 0.514. The highest BCUT2D eigenvalue weighted by Gasteiger charge is 1.52. The first-order chi connectivity index (χ1) is 1.91. The summed E-state index contributed by atoms with van der Waals surface area (Å²) in [4.78, 5) is 0. The standard InChI is InChI=1S/CH4BOP/c2-3-1-4/h1,4H2. The fourth-order valence-corrected chi connectivity index (χ4v) is 0. The number of hydrogen-bond acceptors (Lipinski definition) is 1. The van der Waals surface area contributed by atoms with Crippen LogP contribution in [0.4, 0.5) is 0 Å². The number of hydrogen-bond donors (Lipinski definition) is 0. The molecule has 0 bridgehead atoms. The van der Waals surface area contributed by atoms with E-state index < -0.39 is 0 Å². The average molecular weight is 73.8 g/mol. The molecule has 0 aromatic carbocycles. The van der Waals surface area contributed by atoms with Crippen molar-refractivity contribution in [2.24, 2.45) is 0 Å². The molecule has 0 saturated carbocycles. The quantitative estimate of drug-likeness (QED) is 0.312. The summed E-state index contributed by atoms with van der Waals surface area (Å²) < 4.78 is 4.00. The molecule has 1 unspecified atom stereocenters. The van der Waals surface area contributed by atoms with Crippen molar-refractivity contribution in [1.82, 2.24) is 0 Å². The summed E-state index contributed by atoms with van der Waals surface area (Å²) in [5.41, 5.74) is 0. The minimum absolute atomic E-state index is 0.514. The molecule has 0 amide bonds. The van der Waals surface area contributed by atoms with Crippen LogP contribution in [0.1, 0.15) is 0 Å². The van der Waals surface area contributed by atoms with E-state index in [1.54, 1.807) is 0 Å². The van der Waals surface area contributed by atoms with Gasteiger partial charge in [-0.15, -0.1) is 9.24 Å². The van der Waals surface area contributed by atoms with Crippen LogP contribution in [0.2, 0.25) is 0 Å². The van der Waals surface area contributed by atoms with Gasteiger partial charge in [0, 0.05) is 6.35 Å². The third kappa shape index (κ3) is 2.45. The molecule has 2 radical (unpaired) electrons. The summed E-state index contributed by atoms with van der Waals surface area (Å²) >= 11 is 0. The second-order valence-electron chi connectivity index (χ2n) is 0.333. The van der Waals surface area contributed by atoms with Gasteiger partial charge in [0.15, 0.2) is 0 Å². The van der Waals surface area contributed by atoms with Crippen LogP contribution in [0.25, 0.3) is 0 Å². The van der Waals surface area contributed by atoms with Gasteiger partial charge in [-0.2, -0.15) is 0 Å². The molecule has 0 heterocycles. The highest BCUT2D eigenvalue weighted by atomic mass is 31.0. The Labute approximate surface area is 29.4 Å². The van der Waals surface area contributed by atoms with E-state index in [-0.39, 0.29) is 0 Å². The van der Waals surface area contributed by atoms with Gasteiger partial charge in [-0.25, -0.2) is 0 Å². The first-order valence-corrected chi connectivity index (χ1v) is 1.75. The molecule has 0 aliphatic carbocycles. The summed E-state index contributed by atoms with van der Waals surface area (Å²) in [6.07, 6.45) is 0.514. The molecule has 22 valence electrons. The van der Waals surface area contributed by atoms with Gasteiger partial charge in [0.05, 0.1) is 0 Å². The van der Waals surface area contributed by atoms with E-state index in [1.165, 1.54) is 0 Å². The lowest BCUT2D eigenvalue weighted by atomic mass is 10.6. The Morgan fingerprint density at radius 3 is 2.25 bits per heavy atom. The molecular weight excluding hydrogens is 69.8 g/mol. The van der Waals surface area contributed by atoms with Gasteiger partial charge in [-0.1, -0.05) is 0 Å². The summed E-state index contributed by atoms with van der Waals surface area (Å²) in [7, 11) is 6.81. The van der Waals surface area contributed by atoms with Gasteiger partial charge in [-0.3, -0.25) is 0 Å². The summed E-state index contributed by atoms with van der Waals surface area (Å²) in [6.45, 7) is 0. The summed E-state index contributed by atoms with van der Waals surface area (Å²) in [5, 5.41) is 0. The molecule has 0 N–H and O–H groups in total. The molecule has 0 saturated heterocycles. The van der Waals surface area contributed by atoms with Crippen LogP contribution in [0.15, 0.2) is 0 Å². The SMILES string of the molecule is [B]OCP. The third-order valence-electron chi connectivity index (χ3n) is 0.0962. The van der Waals surface area contributed by atoms with Crippen molar-refractivity contribution < 1.29 is 4.65 Å². The molecule has 0 aliphatic rings. The van der Waals surface area contributed by atoms with Crippen molar-refractivity contribution in [3.05, 3.63) is 0 Å².